The Hall–Kier alpha value is -0.690. The third-order valence-electron chi connectivity index (χ3n) is 11.3. The van der Waals surface area contributed by atoms with Gasteiger partial charge >= 0.3 is 5.97 Å². The summed E-state index contributed by atoms with van der Waals surface area (Å²) in [6, 6.07) is 0. The lowest BCUT2D eigenvalue weighted by molar-refractivity contribution is -0.207. The van der Waals surface area contributed by atoms with Crippen molar-refractivity contribution in [3.63, 3.8) is 0 Å². The molecular formula is C27H46O6. The fraction of sp³-hybridized carbons (Fsp3) is 0.963. The summed E-state index contributed by atoms with van der Waals surface area (Å²) in [5, 5.41) is 51.7. The van der Waals surface area contributed by atoms with Gasteiger partial charge < -0.3 is 25.5 Å². The summed E-state index contributed by atoms with van der Waals surface area (Å²) in [6.07, 6.45) is 7.35. The Balaban J connectivity index is 1.49. The maximum Gasteiger partial charge on any atom is 0.308 e. The first-order chi connectivity index (χ1) is 15.5. The maximum atomic E-state index is 11.6. The van der Waals surface area contributed by atoms with E-state index in [1.165, 1.54) is 0 Å². The fourth-order valence-corrected chi connectivity index (χ4v) is 9.31. The van der Waals surface area contributed by atoms with Crippen LogP contribution in [0.3, 0.4) is 0 Å². The minimum Gasteiger partial charge on any atom is -0.481 e. The molecule has 5 N–H and O–H groups in total. The first-order valence-electron chi connectivity index (χ1n) is 13.4. The summed E-state index contributed by atoms with van der Waals surface area (Å²) in [4.78, 5) is 11.2. The number of rotatable bonds is 7. The summed E-state index contributed by atoms with van der Waals surface area (Å²) in [6.45, 7) is 6.54. The quantitative estimate of drug-likeness (QED) is 0.392. The number of hydrogen-bond acceptors (Lipinski definition) is 5. The number of carboxylic acids is 1. The molecular weight excluding hydrogens is 420 g/mol. The molecule has 0 aromatic carbocycles. The van der Waals surface area contributed by atoms with Gasteiger partial charge in [0, 0.05) is 0 Å². The number of aliphatic carboxylic acids is 1. The molecule has 0 aromatic rings. The highest BCUT2D eigenvalue weighted by Gasteiger charge is 2.65. The van der Waals surface area contributed by atoms with Crippen LogP contribution in [0.25, 0.3) is 0 Å². The monoisotopic (exact) mass is 466 g/mol. The van der Waals surface area contributed by atoms with Gasteiger partial charge in [-0.25, -0.2) is 0 Å². The van der Waals surface area contributed by atoms with Gasteiger partial charge in [-0.1, -0.05) is 33.6 Å². The standard InChI is InChI=1S/C27H46O6/c1-15(5-4-6-16(14-28)25(32)33)19-7-8-20-24-21(13-23(31)27(19,20)3)26(2)10-9-18(29)11-17(26)12-22(24)30/h15-24,28-31H,4-14H2,1-3H3,(H,32,33)/t15-,16?,17+,18-,19-,20+,21+,22-,23+,24+,26+,27-/m1/s1. The zero-order valence-corrected chi connectivity index (χ0v) is 20.7. The lowest BCUT2D eigenvalue weighted by atomic mass is 9.43. The zero-order chi connectivity index (χ0) is 24.1. The molecule has 0 heterocycles. The second kappa shape index (κ2) is 9.40. The molecule has 33 heavy (non-hydrogen) atoms. The van der Waals surface area contributed by atoms with Gasteiger partial charge in [-0.05, 0) is 97.7 Å². The van der Waals surface area contributed by atoms with Crippen LogP contribution in [0.15, 0.2) is 0 Å². The van der Waals surface area contributed by atoms with Crippen LogP contribution >= 0.6 is 0 Å². The van der Waals surface area contributed by atoms with Crippen molar-refractivity contribution in [2.75, 3.05) is 6.61 Å². The van der Waals surface area contributed by atoms with Gasteiger partial charge in [-0.2, -0.15) is 0 Å². The van der Waals surface area contributed by atoms with Crippen molar-refractivity contribution < 1.29 is 30.3 Å². The molecule has 0 saturated heterocycles. The lowest BCUT2D eigenvalue weighted by Crippen LogP contribution is -2.62. The van der Waals surface area contributed by atoms with Crippen molar-refractivity contribution >= 4 is 5.97 Å². The number of fused-ring (bicyclic) bond motifs is 5. The second-order valence-corrected chi connectivity index (χ2v) is 12.7. The van der Waals surface area contributed by atoms with E-state index in [4.69, 9.17) is 0 Å². The van der Waals surface area contributed by atoms with Crippen LogP contribution in [-0.2, 0) is 4.79 Å². The average molecular weight is 467 g/mol. The SMILES string of the molecule is C[C@H](CCCC(CO)C(=O)O)[C@H]1CC[C@H]2[C@@H]3[C@H](O)C[C@@H]4C[C@H](O)CC[C@]4(C)[C@H]3C[C@H](O)[C@]12C. The molecule has 0 amide bonds. The van der Waals surface area contributed by atoms with Crippen molar-refractivity contribution in [1.82, 2.24) is 0 Å². The Bertz CT molecular complexity index is 713. The average Bonchev–Trinajstić information content (AvgIpc) is 3.11. The van der Waals surface area contributed by atoms with Crippen LogP contribution in [0.1, 0.15) is 85.0 Å². The van der Waals surface area contributed by atoms with E-state index in [0.29, 0.717) is 36.0 Å². The van der Waals surface area contributed by atoms with Crippen molar-refractivity contribution in [3.05, 3.63) is 0 Å². The van der Waals surface area contributed by atoms with Crippen LogP contribution in [-0.4, -0.2) is 56.4 Å². The fourth-order valence-electron chi connectivity index (χ4n) is 9.31. The van der Waals surface area contributed by atoms with Crippen LogP contribution < -0.4 is 0 Å². The van der Waals surface area contributed by atoms with E-state index in [9.17, 15) is 30.3 Å². The minimum atomic E-state index is -0.930. The summed E-state index contributed by atoms with van der Waals surface area (Å²) in [5.74, 6) is 0.279. The number of aliphatic hydroxyl groups is 4. The van der Waals surface area contributed by atoms with Gasteiger partial charge in [0.25, 0.3) is 0 Å². The molecule has 0 spiro atoms. The molecule has 4 rings (SSSR count). The van der Waals surface area contributed by atoms with Gasteiger partial charge in [-0.15, -0.1) is 0 Å². The van der Waals surface area contributed by atoms with E-state index < -0.39 is 18.0 Å². The predicted molar refractivity (Wildman–Crippen MR) is 125 cm³/mol. The van der Waals surface area contributed by atoms with Gasteiger partial charge in [0.2, 0.25) is 0 Å². The highest BCUT2D eigenvalue weighted by Crippen LogP contribution is 2.68. The second-order valence-electron chi connectivity index (χ2n) is 12.7. The van der Waals surface area contributed by atoms with Crippen LogP contribution in [0.5, 0.6) is 0 Å². The normalized spacial score (nSPS) is 48.9. The molecule has 4 saturated carbocycles. The van der Waals surface area contributed by atoms with Crippen molar-refractivity contribution in [2.45, 2.75) is 103 Å². The summed E-state index contributed by atoms with van der Waals surface area (Å²) < 4.78 is 0. The Kier molecular flexibility index (Phi) is 7.24. The third kappa shape index (κ3) is 4.17. The van der Waals surface area contributed by atoms with Gasteiger partial charge in [-0.3, -0.25) is 4.79 Å². The van der Waals surface area contributed by atoms with Crippen molar-refractivity contribution in [2.24, 2.45) is 52.3 Å². The molecule has 1 unspecified atom stereocenters. The smallest absolute Gasteiger partial charge is 0.308 e. The Morgan fingerprint density at radius 1 is 1.00 bits per heavy atom. The Labute approximate surface area is 198 Å². The molecule has 0 aliphatic heterocycles. The highest BCUT2D eigenvalue weighted by molar-refractivity contribution is 5.69. The van der Waals surface area contributed by atoms with E-state index in [1.807, 2.05) is 0 Å². The number of aliphatic hydroxyl groups excluding tert-OH is 4. The topological polar surface area (TPSA) is 118 Å². The van der Waals surface area contributed by atoms with Gasteiger partial charge in [0.05, 0.1) is 30.8 Å². The van der Waals surface area contributed by atoms with E-state index in [-0.39, 0.29) is 35.6 Å². The molecule has 0 bridgehead atoms. The van der Waals surface area contributed by atoms with E-state index in [1.54, 1.807) is 0 Å². The number of hydrogen-bond donors (Lipinski definition) is 5. The molecule has 190 valence electrons. The third-order valence-corrected chi connectivity index (χ3v) is 11.3. The maximum absolute atomic E-state index is 11.6. The van der Waals surface area contributed by atoms with E-state index in [0.717, 1.165) is 57.8 Å². The molecule has 4 aliphatic rings. The van der Waals surface area contributed by atoms with Crippen molar-refractivity contribution in [3.8, 4) is 0 Å². The first-order valence-corrected chi connectivity index (χ1v) is 13.4. The molecule has 4 aliphatic carbocycles. The Morgan fingerprint density at radius 2 is 1.73 bits per heavy atom. The molecule has 4 fully saturated rings. The van der Waals surface area contributed by atoms with E-state index in [2.05, 4.69) is 20.8 Å². The van der Waals surface area contributed by atoms with Gasteiger partial charge in [0.15, 0.2) is 0 Å². The predicted octanol–water partition coefficient (Wildman–Crippen LogP) is 3.45. The number of carbonyl (C=O) groups is 1. The Morgan fingerprint density at radius 3 is 2.39 bits per heavy atom. The van der Waals surface area contributed by atoms with Crippen LogP contribution in [0, 0.1) is 52.3 Å². The number of carboxylic acid groups (broad SMARTS) is 1. The van der Waals surface area contributed by atoms with Crippen molar-refractivity contribution in [1.29, 1.82) is 0 Å². The van der Waals surface area contributed by atoms with Crippen LogP contribution in [0.4, 0.5) is 0 Å². The molecule has 6 nitrogen and oxygen atoms in total. The highest BCUT2D eigenvalue weighted by atomic mass is 16.4. The molecule has 12 atom stereocenters. The summed E-state index contributed by atoms with van der Waals surface area (Å²) in [5.41, 5.74) is -0.132. The molecule has 0 radical (unpaired) electrons. The zero-order valence-electron chi connectivity index (χ0n) is 20.7. The van der Waals surface area contributed by atoms with Crippen LogP contribution in [0.2, 0.25) is 0 Å². The summed E-state index contributed by atoms with van der Waals surface area (Å²) in [7, 11) is 0. The lowest BCUT2D eigenvalue weighted by Gasteiger charge is -2.63. The molecule has 6 heteroatoms. The van der Waals surface area contributed by atoms with Gasteiger partial charge in [0.1, 0.15) is 0 Å². The minimum absolute atomic E-state index is 0.0886. The molecule has 0 aromatic heterocycles. The first kappa shape index (κ1) is 25.4. The van der Waals surface area contributed by atoms with E-state index >= 15 is 0 Å². The summed E-state index contributed by atoms with van der Waals surface area (Å²) >= 11 is 0. The largest absolute Gasteiger partial charge is 0.481 e.